The van der Waals surface area contributed by atoms with Gasteiger partial charge in [0.25, 0.3) is 0 Å². The van der Waals surface area contributed by atoms with Gasteiger partial charge in [0.05, 0.1) is 11.1 Å². The van der Waals surface area contributed by atoms with E-state index in [0.717, 1.165) is 16.2 Å². The van der Waals surface area contributed by atoms with Crippen molar-refractivity contribution in [1.29, 1.82) is 0 Å². The normalized spacial score (nSPS) is 12.4. The van der Waals surface area contributed by atoms with Crippen LogP contribution in [0.3, 0.4) is 0 Å². The number of aliphatic hydroxyl groups excluding tert-OH is 1. The highest BCUT2D eigenvalue weighted by Crippen LogP contribution is 2.32. The van der Waals surface area contributed by atoms with Gasteiger partial charge >= 0.3 is 0 Å². The second kappa shape index (κ2) is 5.69. The highest BCUT2D eigenvalue weighted by Gasteiger charge is 2.08. The van der Waals surface area contributed by atoms with Gasteiger partial charge in [0.1, 0.15) is 0 Å². The van der Waals surface area contributed by atoms with Gasteiger partial charge in [0.15, 0.2) is 5.16 Å². The van der Waals surface area contributed by atoms with Gasteiger partial charge in [-0.1, -0.05) is 17.7 Å². The van der Waals surface area contributed by atoms with E-state index in [-0.39, 0.29) is 0 Å². The fourth-order valence-corrected chi connectivity index (χ4v) is 2.53. The first-order chi connectivity index (χ1) is 8.56. The Kier molecular flexibility index (Phi) is 4.22. The zero-order chi connectivity index (χ0) is 13.1. The molecule has 0 aliphatic rings. The molecule has 0 saturated heterocycles. The summed E-state index contributed by atoms with van der Waals surface area (Å²) in [5, 5.41) is 10.7. The maximum Gasteiger partial charge on any atom is 0.192 e. The molecule has 2 aromatic rings. The van der Waals surface area contributed by atoms with E-state index in [1.165, 1.54) is 11.8 Å². The van der Waals surface area contributed by atoms with Gasteiger partial charge in [-0.25, -0.2) is 9.97 Å². The zero-order valence-electron chi connectivity index (χ0n) is 10.1. The van der Waals surface area contributed by atoms with Gasteiger partial charge < -0.3 is 5.11 Å². The predicted octanol–water partition coefficient (Wildman–Crippen LogP) is 3.64. The highest BCUT2D eigenvalue weighted by atomic mass is 35.5. The summed E-state index contributed by atoms with van der Waals surface area (Å²) >= 11 is 7.59. The number of aryl methyl sites for hydroxylation is 1. The number of halogens is 1. The summed E-state index contributed by atoms with van der Waals surface area (Å²) in [5.74, 6) is 0. The maximum absolute atomic E-state index is 9.48. The molecule has 0 fully saturated rings. The molecule has 5 heteroatoms. The fraction of sp³-hybridized carbons (Fsp3) is 0.231. The second-order valence-corrected chi connectivity index (χ2v) is 5.36. The summed E-state index contributed by atoms with van der Waals surface area (Å²) in [6.45, 7) is 3.63. The first-order valence-electron chi connectivity index (χ1n) is 5.51. The first kappa shape index (κ1) is 13.3. The van der Waals surface area contributed by atoms with Crippen LogP contribution in [0.15, 0.2) is 40.5 Å². The molecule has 0 amide bonds. The molecule has 0 spiro atoms. The lowest BCUT2D eigenvalue weighted by Gasteiger charge is -2.08. The van der Waals surface area contributed by atoms with E-state index in [4.69, 9.17) is 11.6 Å². The molecule has 1 N–H and O–H groups in total. The zero-order valence-corrected chi connectivity index (χ0v) is 11.7. The first-order valence-corrected chi connectivity index (χ1v) is 6.70. The number of aromatic nitrogens is 2. The summed E-state index contributed by atoms with van der Waals surface area (Å²) < 4.78 is 0. The Morgan fingerprint density at radius 1 is 1.33 bits per heavy atom. The third-order valence-corrected chi connectivity index (χ3v) is 3.79. The van der Waals surface area contributed by atoms with Crippen LogP contribution in [-0.4, -0.2) is 15.1 Å². The molecular weight excluding hydrogens is 268 g/mol. The van der Waals surface area contributed by atoms with Crippen molar-refractivity contribution in [3.8, 4) is 0 Å². The number of rotatable bonds is 3. The quantitative estimate of drug-likeness (QED) is 0.872. The van der Waals surface area contributed by atoms with Crippen LogP contribution in [0.1, 0.15) is 24.3 Å². The Bertz CT molecular complexity index is 560. The summed E-state index contributed by atoms with van der Waals surface area (Å²) in [6, 6.07) is 7.35. The Balaban J connectivity index is 2.24. The van der Waals surface area contributed by atoms with Gasteiger partial charge in [-0.15, -0.1) is 0 Å². The summed E-state index contributed by atoms with van der Waals surface area (Å²) in [6.07, 6.45) is 1.21. The predicted molar refractivity (Wildman–Crippen MR) is 73.0 cm³/mol. The molecule has 0 aliphatic heterocycles. The minimum Gasteiger partial charge on any atom is -0.389 e. The van der Waals surface area contributed by atoms with E-state index < -0.39 is 6.10 Å². The lowest BCUT2D eigenvalue weighted by Crippen LogP contribution is -1.92. The molecule has 1 aromatic carbocycles. The topological polar surface area (TPSA) is 46.0 Å². The van der Waals surface area contributed by atoms with Crippen molar-refractivity contribution >= 4 is 23.4 Å². The molecule has 1 atom stereocenters. The molecule has 0 radical (unpaired) electrons. The average molecular weight is 281 g/mol. The van der Waals surface area contributed by atoms with Crippen LogP contribution in [0.2, 0.25) is 5.02 Å². The fourth-order valence-electron chi connectivity index (χ4n) is 1.43. The Labute approximate surface area is 115 Å². The van der Waals surface area contributed by atoms with Crippen LogP contribution in [-0.2, 0) is 0 Å². The standard InChI is InChI=1S/C13H13ClN2OS/c1-8-5-6-15-13(16-8)18-12-4-3-10(9(2)17)7-11(12)14/h3-7,9,17H,1-2H3/t9-/m1/s1. The molecule has 1 aromatic heterocycles. The van der Waals surface area contributed by atoms with Crippen LogP contribution < -0.4 is 0 Å². The van der Waals surface area contributed by atoms with Crippen LogP contribution in [0.5, 0.6) is 0 Å². The van der Waals surface area contributed by atoms with Crippen LogP contribution in [0.25, 0.3) is 0 Å². The summed E-state index contributed by atoms with van der Waals surface area (Å²) in [4.78, 5) is 9.37. The number of aliphatic hydroxyl groups is 1. The van der Waals surface area contributed by atoms with Crippen LogP contribution in [0, 0.1) is 6.92 Å². The molecule has 94 valence electrons. The largest absolute Gasteiger partial charge is 0.389 e. The SMILES string of the molecule is Cc1ccnc(Sc2ccc([C@@H](C)O)cc2Cl)n1. The van der Waals surface area contributed by atoms with E-state index in [1.54, 1.807) is 19.2 Å². The van der Waals surface area contributed by atoms with Crippen molar-refractivity contribution in [3.63, 3.8) is 0 Å². The minimum absolute atomic E-state index is 0.517. The molecule has 2 rings (SSSR count). The van der Waals surface area contributed by atoms with E-state index in [9.17, 15) is 5.11 Å². The maximum atomic E-state index is 9.48. The minimum atomic E-state index is -0.517. The molecule has 0 unspecified atom stereocenters. The van der Waals surface area contributed by atoms with Gasteiger partial charge in [-0.3, -0.25) is 0 Å². The van der Waals surface area contributed by atoms with Crippen molar-refractivity contribution in [1.82, 2.24) is 9.97 Å². The average Bonchev–Trinajstić information content (AvgIpc) is 2.31. The number of nitrogens with zero attached hydrogens (tertiary/aromatic N) is 2. The second-order valence-electron chi connectivity index (χ2n) is 3.95. The van der Waals surface area contributed by atoms with Gasteiger partial charge in [0.2, 0.25) is 0 Å². The van der Waals surface area contributed by atoms with Crippen molar-refractivity contribution in [2.45, 2.75) is 30.0 Å². The molecular formula is C13H13ClN2OS. The molecule has 3 nitrogen and oxygen atoms in total. The smallest absolute Gasteiger partial charge is 0.192 e. The van der Waals surface area contributed by atoms with Gasteiger partial charge in [-0.2, -0.15) is 0 Å². The molecule has 1 heterocycles. The van der Waals surface area contributed by atoms with Crippen molar-refractivity contribution in [3.05, 3.63) is 46.7 Å². The van der Waals surface area contributed by atoms with E-state index >= 15 is 0 Å². The highest BCUT2D eigenvalue weighted by molar-refractivity contribution is 7.99. The molecule has 0 aliphatic carbocycles. The molecule has 0 bridgehead atoms. The lowest BCUT2D eigenvalue weighted by atomic mass is 10.1. The number of hydrogen-bond donors (Lipinski definition) is 1. The monoisotopic (exact) mass is 280 g/mol. The number of benzene rings is 1. The lowest BCUT2D eigenvalue weighted by molar-refractivity contribution is 0.199. The molecule has 18 heavy (non-hydrogen) atoms. The third-order valence-electron chi connectivity index (χ3n) is 2.41. The van der Waals surface area contributed by atoms with E-state index in [0.29, 0.717) is 10.2 Å². The van der Waals surface area contributed by atoms with Gasteiger partial charge in [0, 0.05) is 16.8 Å². The Morgan fingerprint density at radius 2 is 2.11 bits per heavy atom. The van der Waals surface area contributed by atoms with Crippen molar-refractivity contribution in [2.75, 3.05) is 0 Å². The summed E-state index contributed by atoms with van der Waals surface area (Å²) in [7, 11) is 0. The Morgan fingerprint density at radius 3 is 2.72 bits per heavy atom. The van der Waals surface area contributed by atoms with E-state index in [2.05, 4.69) is 9.97 Å². The van der Waals surface area contributed by atoms with Crippen molar-refractivity contribution in [2.24, 2.45) is 0 Å². The summed E-state index contributed by atoms with van der Waals surface area (Å²) in [5.41, 5.74) is 1.72. The number of hydrogen-bond acceptors (Lipinski definition) is 4. The van der Waals surface area contributed by atoms with Gasteiger partial charge in [-0.05, 0) is 49.4 Å². The van der Waals surface area contributed by atoms with Crippen LogP contribution >= 0.6 is 23.4 Å². The third kappa shape index (κ3) is 3.22. The Hall–Kier alpha value is -1.10. The van der Waals surface area contributed by atoms with E-state index in [1.807, 2.05) is 25.1 Å². The molecule has 0 saturated carbocycles. The van der Waals surface area contributed by atoms with Crippen LogP contribution in [0.4, 0.5) is 0 Å². The van der Waals surface area contributed by atoms with Crippen molar-refractivity contribution < 1.29 is 5.11 Å².